The van der Waals surface area contributed by atoms with Crippen LogP contribution in [0.15, 0.2) is 24.3 Å². The second kappa shape index (κ2) is 7.61. The van der Waals surface area contributed by atoms with Gasteiger partial charge in [0.2, 0.25) is 5.13 Å². The lowest BCUT2D eigenvalue weighted by Gasteiger charge is -2.34. The minimum Gasteiger partial charge on any atom is -0.343 e. The van der Waals surface area contributed by atoms with Crippen LogP contribution in [0.25, 0.3) is 0 Å². The maximum absolute atomic E-state index is 11.8. The van der Waals surface area contributed by atoms with Crippen molar-refractivity contribution in [1.29, 1.82) is 0 Å². The van der Waals surface area contributed by atoms with Crippen molar-refractivity contribution in [2.75, 3.05) is 37.6 Å². The Morgan fingerprint density at radius 1 is 1.21 bits per heavy atom. The van der Waals surface area contributed by atoms with Crippen molar-refractivity contribution in [3.8, 4) is 0 Å². The molecule has 7 heteroatoms. The number of hydrogen-bond acceptors (Lipinski definition) is 5. The van der Waals surface area contributed by atoms with Crippen molar-refractivity contribution >= 4 is 22.7 Å². The first-order valence-corrected chi connectivity index (χ1v) is 9.09. The van der Waals surface area contributed by atoms with Crippen molar-refractivity contribution in [1.82, 2.24) is 19.6 Å². The molecule has 0 unspecified atom stereocenters. The van der Waals surface area contributed by atoms with Crippen LogP contribution in [0.4, 0.5) is 9.93 Å². The minimum absolute atomic E-state index is 0.0227. The normalized spacial score (nSPS) is 14.8. The Labute approximate surface area is 146 Å². The smallest absolute Gasteiger partial charge is 0.317 e. The van der Waals surface area contributed by atoms with Gasteiger partial charge in [0.15, 0.2) is 0 Å². The van der Waals surface area contributed by atoms with Crippen LogP contribution in [0.3, 0.4) is 0 Å². The Hall–Kier alpha value is -2.15. The quantitative estimate of drug-likeness (QED) is 0.923. The monoisotopic (exact) mass is 345 g/mol. The highest BCUT2D eigenvalue weighted by atomic mass is 32.1. The third kappa shape index (κ3) is 4.03. The molecular weight excluding hydrogens is 322 g/mol. The first-order chi connectivity index (χ1) is 11.7. The van der Waals surface area contributed by atoms with Gasteiger partial charge >= 0.3 is 6.03 Å². The van der Waals surface area contributed by atoms with Crippen LogP contribution in [0.1, 0.15) is 23.9 Å². The zero-order valence-corrected chi connectivity index (χ0v) is 15.0. The molecule has 0 saturated carbocycles. The van der Waals surface area contributed by atoms with Crippen molar-refractivity contribution in [2.45, 2.75) is 20.3 Å². The van der Waals surface area contributed by atoms with Gasteiger partial charge in [0.05, 0.1) is 0 Å². The number of carbonyl (C=O) groups excluding carboxylic acids is 1. The fourth-order valence-electron chi connectivity index (χ4n) is 2.70. The van der Waals surface area contributed by atoms with E-state index in [1.807, 2.05) is 11.8 Å². The molecule has 1 fully saturated rings. The molecule has 24 heavy (non-hydrogen) atoms. The van der Waals surface area contributed by atoms with Gasteiger partial charge in [-0.2, -0.15) is 4.37 Å². The van der Waals surface area contributed by atoms with Crippen LogP contribution in [-0.2, 0) is 6.42 Å². The van der Waals surface area contributed by atoms with Crippen LogP contribution in [-0.4, -0.2) is 53.0 Å². The summed E-state index contributed by atoms with van der Waals surface area (Å²) in [5, 5.41) is 3.80. The summed E-state index contributed by atoms with van der Waals surface area (Å²) in [5.74, 6) is 0.866. The Kier molecular flexibility index (Phi) is 5.30. The van der Waals surface area contributed by atoms with E-state index in [2.05, 4.69) is 50.8 Å². The Bertz CT molecular complexity index is 677. The average molecular weight is 345 g/mol. The largest absolute Gasteiger partial charge is 0.343 e. The van der Waals surface area contributed by atoms with E-state index in [-0.39, 0.29) is 6.03 Å². The van der Waals surface area contributed by atoms with Crippen LogP contribution >= 0.6 is 11.5 Å². The van der Waals surface area contributed by atoms with Gasteiger partial charge in [0.1, 0.15) is 5.82 Å². The molecule has 0 radical (unpaired) electrons. The zero-order chi connectivity index (χ0) is 16.9. The lowest BCUT2D eigenvalue weighted by molar-refractivity contribution is 0.195. The van der Waals surface area contributed by atoms with Gasteiger partial charge in [-0.15, -0.1) is 0 Å². The Balaban J connectivity index is 1.56. The number of urea groups is 1. The van der Waals surface area contributed by atoms with Gasteiger partial charge in [0, 0.05) is 50.7 Å². The van der Waals surface area contributed by atoms with E-state index in [4.69, 9.17) is 0 Å². The number of amides is 2. The molecule has 1 N–H and O–H groups in total. The van der Waals surface area contributed by atoms with Crippen molar-refractivity contribution in [2.24, 2.45) is 0 Å². The molecule has 0 bridgehead atoms. The molecule has 3 rings (SSSR count). The Morgan fingerprint density at radius 3 is 2.58 bits per heavy atom. The molecule has 6 nitrogen and oxygen atoms in total. The fraction of sp³-hybridized carbons (Fsp3) is 0.471. The first-order valence-electron chi connectivity index (χ1n) is 8.31. The molecule has 1 saturated heterocycles. The second-order valence-corrected chi connectivity index (χ2v) is 6.70. The van der Waals surface area contributed by atoms with E-state index < -0.39 is 0 Å². The molecule has 0 spiro atoms. The summed E-state index contributed by atoms with van der Waals surface area (Å²) in [6.07, 6.45) is 0.760. The number of nitrogens with zero attached hydrogens (tertiary/aromatic N) is 4. The van der Waals surface area contributed by atoms with Crippen LogP contribution in [0, 0.1) is 6.92 Å². The number of hydrogen-bond donors (Lipinski definition) is 1. The van der Waals surface area contributed by atoms with Crippen LogP contribution < -0.4 is 10.2 Å². The summed E-state index contributed by atoms with van der Waals surface area (Å²) in [6, 6.07) is 8.50. The highest BCUT2D eigenvalue weighted by Gasteiger charge is 2.22. The summed E-state index contributed by atoms with van der Waals surface area (Å²) < 4.78 is 4.49. The predicted octanol–water partition coefficient (Wildman–Crippen LogP) is 2.29. The van der Waals surface area contributed by atoms with Gasteiger partial charge in [-0.25, -0.2) is 9.78 Å². The maximum Gasteiger partial charge on any atom is 0.317 e. The van der Waals surface area contributed by atoms with E-state index in [1.165, 1.54) is 22.7 Å². The molecular formula is C17H23N5OS. The summed E-state index contributed by atoms with van der Waals surface area (Å²) in [6.45, 7) is 7.73. The topological polar surface area (TPSA) is 61.4 Å². The number of aryl methyl sites for hydroxylation is 1. The molecule has 1 aromatic heterocycles. The molecule has 2 heterocycles. The molecule has 1 aliphatic rings. The zero-order valence-electron chi connectivity index (χ0n) is 14.2. The predicted molar refractivity (Wildman–Crippen MR) is 96.8 cm³/mol. The lowest BCUT2D eigenvalue weighted by atomic mass is 10.1. The summed E-state index contributed by atoms with van der Waals surface area (Å²) in [5.41, 5.74) is 2.49. The van der Waals surface area contributed by atoms with Gasteiger partial charge < -0.3 is 15.1 Å². The summed E-state index contributed by atoms with van der Waals surface area (Å²) >= 11 is 1.44. The fourth-order valence-corrected chi connectivity index (χ4v) is 3.43. The van der Waals surface area contributed by atoms with E-state index in [0.717, 1.165) is 43.6 Å². The van der Waals surface area contributed by atoms with E-state index >= 15 is 0 Å². The summed E-state index contributed by atoms with van der Waals surface area (Å²) in [4.78, 5) is 20.6. The number of anilines is 1. The average Bonchev–Trinajstić information content (AvgIpc) is 3.06. The van der Waals surface area contributed by atoms with E-state index in [0.29, 0.717) is 6.54 Å². The summed E-state index contributed by atoms with van der Waals surface area (Å²) in [7, 11) is 0. The SMILES string of the molecule is CCNC(=O)N1CCN(c2nc(Cc3ccc(C)cc3)ns2)CC1. The van der Waals surface area contributed by atoms with Crippen LogP contribution in [0.5, 0.6) is 0 Å². The maximum atomic E-state index is 11.8. The van der Waals surface area contributed by atoms with Crippen molar-refractivity contribution in [3.05, 3.63) is 41.2 Å². The molecule has 0 aliphatic carbocycles. The molecule has 0 atom stereocenters. The molecule has 128 valence electrons. The number of rotatable bonds is 4. The van der Waals surface area contributed by atoms with Gasteiger partial charge in [0.25, 0.3) is 0 Å². The van der Waals surface area contributed by atoms with E-state index in [9.17, 15) is 4.79 Å². The van der Waals surface area contributed by atoms with E-state index in [1.54, 1.807) is 0 Å². The standard InChI is InChI=1S/C17H23N5OS/c1-3-18-16(23)21-8-10-22(11-9-21)17-19-15(20-24-17)12-14-6-4-13(2)5-7-14/h4-7H,3,8-12H2,1-2H3,(H,18,23). The lowest BCUT2D eigenvalue weighted by Crippen LogP contribution is -2.51. The second-order valence-electron chi connectivity index (χ2n) is 5.97. The highest BCUT2D eigenvalue weighted by molar-refractivity contribution is 7.09. The minimum atomic E-state index is 0.0227. The van der Waals surface area contributed by atoms with Gasteiger partial charge in [-0.05, 0) is 19.4 Å². The first kappa shape index (κ1) is 16.7. The van der Waals surface area contributed by atoms with Crippen molar-refractivity contribution < 1.29 is 4.79 Å². The molecule has 1 aliphatic heterocycles. The Morgan fingerprint density at radius 2 is 1.92 bits per heavy atom. The third-order valence-corrected chi connectivity index (χ3v) is 4.92. The third-order valence-electron chi connectivity index (χ3n) is 4.11. The van der Waals surface area contributed by atoms with Gasteiger partial charge in [-0.1, -0.05) is 29.8 Å². The number of nitrogens with one attached hydrogen (secondary N) is 1. The molecule has 2 aromatic rings. The van der Waals surface area contributed by atoms with Crippen molar-refractivity contribution in [3.63, 3.8) is 0 Å². The molecule has 1 aromatic carbocycles. The van der Waals surface area contributed by atoms with Gasteiger partial charge in [-0.3, -0.25) is 0 Å². The molecule has 2 amide bonds. The number of aromatic nitrogens is 2. The highest BCUT2D eigenvalue weighted by Crippen LogP contribution is 2.20. The number of carbonyl (C=O) groups is 1. The number of benzene rings is 1. The number of piperazine rings is 1. The van der Waals surface area contributed by atoms with Crippen LogP contribution in [0.2, 0.25) is 0 Å².